The van der Waals surface area contributed by atoms with E-state index in [1.807, 2.05) is 86.3 Å². The molecule has 0 aliphatic carbocycles. The second-order valence-corrected chi connectivity index (χ2v) is 8.49. The lowest BCUT2D eigenvalue weighted by Crippen LogP contribution is -2.45. The van der Waals surface area contributed by atoms with Crippen LogP contribution in [0, 0.1) is 5.92 Å². The van der Waals surface area contributed by atoms with Crippen molar-refractivity contribution in [3.63, 3.8) is 0 Å². The fourth-order valence-electron chi connectivity index (χ4n) is 3.53. The van der Waals surface area contributed by atoms with Crippen molar-refractivity contribution in [1.82, 2.24) is 4.90 Å². The Morgan fingerprint density at radius 1 is 0.966 bits per heavy atom. The van der Waals surface area contributed by atoms with Gasteiger partial charge in [0.15, 0.2) is 0 Å². The molecular weight excluding hydrogens is 364 g/mol. The molecule has 5 heteroatoms. The van der Waals surface area contributed by atoms with Gasteiger partial charge in [0.25, 0.3) is 0 Å². The van der Waals surface area contributed by atoms with Crippen LogP contribution in [0.1, 0.15) is 39.2 Å². The third-order valence-electron chi connectivity index (χ3n) is 5.01. The first-order chi connectivity index (χ1) is 13.8. The molecule has 1 saturated heterocycles. The standard InChI is InChI=1S/C24H30N2O3/c1-24(2,3)29-23(28)25-16-14-20(15-17-25)22(27)26(21-12-8-5-9-13-21)18-19-10-6-4-7-11-19/h4-13,20H,14-18H2,1-3H3. The van der Waals surface area contributed by atoms with Gasteiger partial charge in [-0.25, -0.2) is 4.79 Å². The molecule has 1 aliphatic rings. The number of carbonyl (C=O) groups is 2. The fraction of sp³-hybridized carbons (Fsp3) is 0.417. The Kier molecular flexibility index (Phi) is 6.57. The van der Waals surface area contributed by atoms with Crippen LogP contribution in [0.3, 0.4) is 0 Å². The Labute approximate surface area is 173 Å². The normalized spacial score (nSPS) is 15.1. The Morgan fingerprint density at radius 3 is 2.07 bits per heavy atom. The van der Waals surface area contributed by atoms with Gasteiger partial charge in [0.2, 0.25) is 5.91 Å². The molecule has 2 aromatic rings. The minimum Gasteiger partial charge on any atom is -0.444 e. The van der Waals surface area contributed by atoms with Crippen LogP contribution < -0.4 is 4.90 Å². The SMILES string of the molecule is CC(C)(C)OC(=O)N1CCC(C(=O)N(Cc2ccccc2)c2ccccc2)CC1. The molecule has 154 valence electrons. The smallest absolute Gasteiger partial charge is 0.410 e. The van der Waals surface area contributed by atoms with E-state index in [9.17, 15) is 9.59 Å². The van der Waals surface area contributed by atoms with E-state index in [2.05, 4.69) is 0 Å². The largest absolute Gasteiger partial charge is 0.444 e. The van der Waals surface area contributed by atoms with E-state index < -0.39 is 5.60 Å². The molecule has 1 heterocycles. The van der Waals surface area contributed by atoms with Gasteiger partial charge in [-0.15, -0.1) is 0 Å². The predicted molar refractivity (Wildman–Crippen MR) is 115 cm³/mol. The van der Waals surface area contributed by atoms with E-state index in [0.717, 1.165) is 11.3 Å². The van der Waals surface area contributed by atoms with Crippen LogP contribution >= 0.6 is 0 Å². The molecule has 3 rings (SSSR count). The number of nitrogens with zero attached hydrogens (tertiary/aromatic N) is 2. The molecule has 0 N–H and O–H groups in total. The number of para-hydroxylation sites is 1. The molecule has 0 unspecified atom stereocenters. The summed E-state index contributed by atoms with van der Waals surface area (Å²) in [6, 6.07) is 19.8. The van der Waals surface area contributed by atoms with E-state index in [4.69, 9.17) is 4.74 Å². The first-order valence-electron chi connectivity index (χ1n) is 10.2. The highest BCUT2D eigenvalue weighted by atomic mass is 16.6. The molecule has 29 heavy (non-hydrogen) atoms. The second kappa shape index (κ2) is 9.12. The number of anilines is 1. The Bertz CT molecular complexity index is 807. The van der Waals surface area contributed by atoms with Gasteiger partial charge in [-0.05, 0) is 51.3 Å². The first kappa shape index (κ1) is 20.9. The zero-order valence-corrected chi connectivity index (χ0v) is 17.5. The molecule has 0 spiro atoms. The van der Waals surface area contributed by atoms with Gasteiger partial charge in [0.1, 0.15) is 5.60 Å². The molecular formula is C24H30N2O3. The topological polar surface area (TPSA) is 49.9 Å². The lowest BCUT2D eigenvalue weighted by atomic mass is 9.95. The summed E-state index contributed by atoms with van der Waals surface area (Å²) in [5.41, 5.74) is 1.48. The fourth-order valence-corrected chi connectivity index (χ4v) is 3.53. The molecule has 1 aliphatic heterocycles. The van der Waals surface area contributed by atoms with Crippen molar-refractivity contribution < 1.29 is 14.3 Å². The van der Waals surface area contributed by atoms with E-state index >= 15 is 0 Å². The number of ether oxygens (including phenoxy) is 1. The third kappa shape index (κ3) is 5.83. The average molecular weight is 395 g/mol. The van der Waals surface area contributed by atoms with Gasteiger partial charge in [0, 0.05) is 24.7 Å². The van der Waals surface area contributed by atoms with Crippen LogP contribution in [0.4, 0.5) is 10.5 Å². The van der Waals surface area contributed by atoms with Crippen molar-refractivity contribution in [2.45, 2.75) is 45.8 Å². The number of carbonyl (C=O) groups excluding carboxylic acids is 2. The Morgan fingerprint density at radius 2 is 1.52 bits per heavy atom. The number of likely N-dealkylation sites (tertiary alicyclic amines) is 1. The van der Waals surface area contributed by atoms with Crippen LogP contribution in [-0.2, 0) is 16.1 Å². The molecule has 0 radical (unpaired) electrons. The second-order valence-electron chi connectivity index (χ2n) is 8.49. The lowest BCUT2D eigenvalue weighted by molar-refractivity contribution is -0.124. The lowest BCUT2D eigenvalue weighted by Gasteiger charge is -2.35. The summed E-state index contributed by atoms with van der Waals surface area (Å²) in [5, 5.41) is 0. The average Bonchev–Trinajstić information content (AvgIpc) is 2.72. The van der Waals surface area contributed by atoms with Crippen molar-refractivity contribution in [1.29, 1.82) is 0 Å². The van der Waals surface area contributed by atoms with E-state index in [1.54, 1.807) is 4.90 Å². The van der Waals surface area contributed by atoms with Gasteiger partial charge in [0.05, 0.1) is 6.54 Å². The van der Waals surface area contributed by atoms with Gasteiger partial charge in [-0.3, -0.25) is 4.79 Å². The number of rotatable bonds is 4. The Balaban J connectivity index is 1.68. The van der Waals surface area contributed by atoms with Gasteiger partial charge in [-0.1, -0.05) is 48.5 Å². The zero-order valence-electron chi connectivity index (χ0n) is 17.5. The minimum atomic E-state index is -0.510. The van der Waals surface area contributed by atoms with Gasteiger partial charge in [-0.2, -0.15) is 0 Å². The summed E-state index contributed by atoms with van der Waals surface area (Å²) in [5.74, 6) is 0.0153. The number of benzene rings is 2. The maximum Gasteiger partial charge on any atom is 0.410 e. The highest BCUT2D eigenvalue weighted by Gasteiger charge is 2.32. The first-order valence-corrected chi connectivity index (χ1v) is 10.2. The van der Waals surface area contributed by atoms with Crippen molar-refractivity contribution in [3.05, 3.63) is 66.2 Å². The number of hydrogen-bond donors (Lipinski definition) is 0. The molecule has 5 nitrogen and oxygen atoms in total. The maximum atomic E-state index is 13.4. The van der Waals surface area contributed by atoms with Crippen LogP contribution in [0.2, 0.25) is 0 Å². The maximum absolute atomic E-state index is 13.4. The van der Waals surface area contributed by atoms with Crippen LogP contribution in [0.25, 0.3) is 0 Å². The quantitative estimate of drug-likeness (QED) is 0.744. The van der Waals surface area contributed by atoms with Gasteiger partial charge < -0.3 is 14.5 Å². The monoisotopic (exact) mass is 394 g/mol. The van der Waals surface area contributed by atoms with Crippen molar-refractivity contribution >= 4 is 17.7 Å². The van der Waals surface area contributed by atoms with Crippen LogP contribution in [0.15, 0.2) is 60.7 Å². The summed E-state index contributed by atoms with van der Waals surface area (Å²) in [6.07, 6.45) is 0.999. The highest BCUT2D eigenvalue weighted by molar-refractivity contribution is 5.95. The molecule has 0 saturated carbocycles. The zero-order chi connectivity index (χ0) is 20.9. The Hall–Kier alpha value is -2.82. The van der Waals surface area contributed by atoms with Gasteiger partial charge >= 0.3 is 6.09 Å². The summed E-state index contributed by atoms with van der Waals surface area (Å²) < 4.78 is 5.46. The van der Waals surface area contributed by atoms with Crippen LogP contribution in [0.5, 0.6) is 0 Å². The number of amides is 2. The highest BCUT2D eigenvalue weighted by Crippen LogP contribution is 2.26. The molecule has 0 aromatic heterocycles. The van der Waals surface area contributed by atoms with Crippen molar-refractivity contribution in [2.24, 2.45) is 5.92 Å². The number of piperidine rings is 1. The summed E-state index contributed by atoms with van der Waals surface area (Å²) >= 11 is 0. The molecule has 0 atom stereocenters. The molecule has 2 aromatic carbocycles. The molecule has 2 amide bonds. The third-order valence-corrected chi connectivity index (χ3v) is 5.01. The summed E-state index contributed by atoms with van der Waals surface area (Å²) in [4.78, 5) is 29.3. The van der Waals surface area contributed by atoms with E-state index in [0.29, 0.717) is 32.5 Å². The van der Waals surface area contributed by atoms with Crippen molar-refractivity contribution in [3.8, 4) is 0 Å². The molecule has 1 fully saturated rings. The molecule has 0 bridgehead atoms. The van der Waals surface area contributed by atoms with Crippen molar-refractivity contribution in [2.75, 3.05) is 18.0 Å². The van der Waals surface area contributed by atoms with Crippen LogP contribution in [-0.4, -0.2) is 35.6 Å². The van der Waals surface area contributed by atoms with E-state index in [1.165, 1.54) is 0 Å². The number of hydrogen-bond acceptors (Lipinski definition) is 3. The summed E-state index contributed by atoms with van der Waals surface area (Å²) in [6.45, 7) is 7.21. The summed E-state index contributed by atoms with van der Waals surface area (Å²) in [7, 11) is 0. The predicted octanol–water partition coefficient (Wildman–Crippen LogP) is 4.87. The minimum absolute atomic E-state index is 0.0994. The van der Waals surface area contributed by atoms with E-state index in [-0.39, 0.29) is 17.9 Å².